The molecule has 1 aromatic rings. The van der Waals surface area contributed by atoms with E-state index in [0.29, 0.717) is 37.4 Å². The first-order valence-corrected chi connectivity index (χ1v) is 9.86. The van der Waals surface area contributed by atoms with Crippen LogP contribution in [-0.4, -0.2) is 42.4 Å². The minimum absolute atomic E-state index is 0.0131. The number of furan rings is 1. The van der Waals surface area contributed by atoms with Crippen molar-refractivity contribution in [3.05, 3.63) is 23.7 Å². The van der Waals surface area contributed by atoms with E-state index in [4.69, 9.17) is 10.2 Å². The van der Waals surface area contributed by atoms with Gasteiger partial charge in [0, 0.05) is 25.6 Å². The van der Waals surface area contributed by atoms with Crippen molar-refractivity contribution < 1.29 is 14.0 Å². The predicted molar refractivity (Wildman–Crippen MR) is 99.7 cm³/mol. The number of carbonyl (C=O) groups is 2. The third-order valence-electron chi connectivity index (χ3n) is 6.16. The molecule has 0 radical (unpaired) electrons. The summed E-state index contributed by atoms with van der Waals surface area (Å²) in [5.74, 6) is 0.771. The van der Waals surface area contributed by atoms with E-state index in [1.165, 1.54) is 25.5 Å². The fourth-order valence-electron chi connectivity index (χ4n) is 4.34. The highest BCUT2D eigenvalue weighted by atomic mass is 16.3. The SMILES string of the molecule is Cc1occc1C(=O)NC1CCN(C(=O)CC2(CN)CCCCC2)CC1. The lowest BCUT2D eigenvalue weighted by Crippen LogP contribution is -2.48. The molecular weight excluding hydrogens is 330 g/mol. The van der Waals surface area contributed by atoms with Crippen LogP contribution in [0.2, 0.25) is 0 Å². The number of rotatable bonds is 5. The molecule has 1 saturated heterocycles. The van der Waals surface area contributed by atoms with Crippen molar-refractivity contribution >= 4 is 11.8 Å². The maximum absolute atomic E-state index is 12.8. The van der Waals surface area contributed by atoms with Gasteiger partial charge in [0.1, 0.15) is 5.76 Å². The maximum atomic E-state index is 12.8. The number of hydrogen-bond donors (Lipinski definition) is 2. The van der Waals surface area contributed by atoms with Crippen molar-refractivity contribution in [3.8, 4) is 0 Å². The van der Waals surface area contributed by atoms with E-state index < -0.39 is 0 Å². The molecule has 0 unspecified atom stereocenters. The Morgan fingerprint density at radius 2 is 1.96 bits per heavy atom. The summed E-state index contributed by atoms with van der Waals surface area (Å²) in [6, 6.07) is 1.80. The molecule has 2 amide bonds. The van der Waals surface area contributed by atoms with Crippen LogP contribution >= 0.6 is 0 Å². The topological polar surface area (TPSA) is 88.6 Å². The molecule has 26 heavy (non-hydrogen) atoms. The highest BCUT2D eigenvalue weighted by Gasteiger charge is 2.35. The van der Waals surface area contributed by atoms with E-state index in [0.717, 1.165) is 25.7 Å². The Balaban J connectivity index is 1.48. The van der Waals surface area contributed by atoms with E-state index >= 15 is 0 Å². The first-order chi connectivity index (χ1) is 12.5. The highest BCUT2D eigenvalue weighted by molar-refractivity contribution is 5.95. The zero-order valence-electron chi connectivity index (χ0n) is 15.8. The monoisotopic (exact) mass is 361 g/mol. The lowest BCUT2D eigenvalue weighted by atomic mass is 9.71. The summed E-state index contributed by atoms with van der Waals surface area (Å²) in [5, 5.41) is 3.06. The van der Waals surface area contributed by atoms with Crippen LogP contribution in [0.4, 0.5) is 0 Å². The van der Waals surface area contributed by atoms with E-state index in [1.807, 2.05) is 4.90 Å². The van der Waals surface area contributed by atoms with Gasteiger partial charge < -0.3 is 20.4 Å². The van der Waals surface area contributed by atoms with Gasteiger partial charge >= 0.3 is 0 Å². The van der Waals surface area contributed by atoms with Crippen molar-refractivity contribution in [1.29, 1.82) is 0 Å². The Hall–Kier alpha value is -1.82. The summed E-state index contributed by atoms with van der Waals surface area (Å²) in [6.45, 7) is 3.80. The molecule has 1 aliphatic carbocycles. The molecule has 0 spiro atoms. The van der Waals surface area contributed by atoms with Crippen LogP contribution in [0.5, 0.6) is 0 Å². The normalized spacial score (nSPS) is 20.8. The average molecular weight is 361 g/mol. The van der Waals surface area contributed by atoms with Crippen molar-refractivity contribution in [3.63, 3.8) is 0 Å². The first-order valence-electron chi connectivity index (χ1n) is 9.86. The van der Waals surface area contributed by atoms with Crippen LogP contribution in [0.3, 0.4) is 0 Å². The van der Waals surface area contributed by atoms with Gasteiger partial charge in [-0.05, 0) is 50.6 Å². The number of nitrogens with zero attached hydrogens (tertiary/aromatic N) is 1. The van der Waals surface area contributed by atoms with Gasteiger partial charge in [0.25, 0.3) is 5.91 Å². The Morgan fingerprint density at radius 3 is 2.54 bits per heavy atom. The second-order valence-corrected chi connectivity index (χ2v) is 7.96. The number of nitrogens with two attached hydrogens (primary N) is 1. The lowest BCUT2D eigenvalue weighted by molar-refractivity contribution is -0.135. The van der Waals surface area contributed by atoms with E-state index in [1.54, 1.807) is 13.0 Å². The van der Waals surface area contributed by atoms with E-state index in [-0.39, 0.29) is 23.3 Å². The number of hydrogen-bond acceptors (Lipinski definition) is 4. The molecule has 1 saturated carbocycles. The Labute approximate surface area is 155 Å². The zero-order chi connectivity index (χ0) is 18.6. The minimum Gasteiger partial charge on any atom is -0.469 e. The van der Waals surface area contributed by atoms with Gasteiger partial charge in [-0.25, -0.2) is 0 Å². The molecule has 1 aliphatic heterocycles. The van der Waals surface area contributed by atoms with Crippen molar-refractivity contribution in [2.75, 3.05) is 19.6 Å². The van der Waals surface area contributed by atoms with Gasteiger partial charge in [0.05, 0.1) is 11.8 Å². The van der Waals surface area contributed by atoms with Crippen molar-refractivity contribution in [2.24, 2.45) is 11.1 Å². The minimum atomic E-state index is -0.0923. The molecule has 6 nitrogen and oxygen atoms in total. The van der Waals surface area contributed by atoms with Gasteiger partial charge in [-0.3, -0.25) is 9.59 Å². The molecule has 144 valence electrons. The van der Waals surface area contributed by atoms with E-state index in [2.05, 4.69) is 5.32 Å². The fraction of sp³-hybridized carbons (Fsp3) is 0.700. The largest absolute Gasteiger partial charge is 0.469 e. The Kier molecular flexibility index (Phi) is 6.01. The van der Waals surface area contributed by atoms with Crippen LogP contribution < -0.4 is 11.1 Å². The molecule has 6 heteroatoms. The number of nitrogens with one attached hydrogen (secondary N) is 1. The van der Waals surface area contributed by atoms with Crippen LogP contribution in [0.15, 0.2) is 16.7 Å². The van der Waals surface area contributed by atoms with Crippen molar-refractivity contribution in [1.82, 2.24) is 10.2 Å². The first kappa shape index (κ1) is 19.0. The Morgan fingerprint density at radius 1 is 1.27 bits per heavy atom. The molecule has 3 rings (SSSR count). The second kappa shape index (κ2) is 8.25. The number of carbonyl (C=O) groups excluding carboxylic acids is 2. The molecule has 0 atom stereocenters. The van der Waals surface area contributed by atoms with Gasteiger partial charge in [-0.1, -0.05) is 19.3 Å². The van der Waals surface area contributed by atoms with Gasteiger partial charge in [-0.15, -0.1) is 0 Å². The number of amides is 2. The van der Waals surface area contributed by atoms with Gasteiger partial charge in [-0.2, -0.15) is 0 Å². The van der Waals surface area contributed by atoms with Crippen LogP contribution in [0, 0.1) is 12.3 Å². The third-order valence-corrected chi connectivity index (χ3v) is 6.16. The molecule has 0 bridgehead atoms. The summed E-state index contributed by atoms with van der Waals surface area (Å²) in [6.07, 6.45) is 9.49. The summed E-state index contributed by atoms with van der Waals surface area (Å²) in [5.41, 5.74) is 6.63. The number of aryl methyl sites for hydroxylation is 1. The molecule has 2 aliphatic rings. The summed E-state index contributed by atoms with van der Waals surface area (Å²) >= 11 is 0. The van der Waals surface area contributed by atoms with Crippen LogP contribution in [-0.2, 0) is 4.79 Å². The summed E-state index contributed by atoms with van der Waals surface area (Å²) in [4.78, 5) is 27.0. The zero-order valence-corrected chi connectivity index (χ0v) is 15.8. The fourth-order valence-corrected chi connectivity index (χ4v) is 4.34. The quantitative estimate of drug-likeness (QED) is 0.844. The van der Waals surface area contributed by atoms with Gasteiger partial charge in [0.2, 0.25) is 5.91 Å². The van der Waals surface area contributed by atoms with Crippen molar-refractivity contribution in [2.45, 2.75) is 64.3 Å². The smallest absolute Gasteiger partial charge is 0.255 e. The molecule has 0 aromatic carbocycles. The Bertz CT molecular complexity index is 626. The highest BCUT2D eigenvalue weighted by Crippen LogP contribution is 2.39. The molecule has 3 N–H and O–H groups in total. The molecule has 1 aromatic heterocycles. The number of likely N-dealkylation sites (tertiary alicyclic amines) is 1. The molecule has 2 fully saturated rings. The maximum Gasteiger partial charge on any atom is 0.255 e. The predicted octanol–water partition coefficient (Wildman–Crippen LogP) is 2.61. The summed E-state index contributed by atoms with van der Waals surface area (Å²) < 4.78 is 5.19. The standard InChI is InChI=1S/C20H31N3O3/c1-15-17(7-12-26-15)19(25)22-16-5-10-23(11-6-16)18(24)13-20(14-21)8-3-2-4-9-20/h7,12,16H,2-6,8-11,13-14,21H2,1H3,(H,22,25). The van der Waals surface area contributed by atoms with Crippen LogP contribution in [0.1, 0.15) is 67.5 Å². The number of piperidine rings is 1. The second-order valence-electron chi connectivity index (χ2n) is 7.96. The molecular formula is C20H31N3O3. The van der Waals surface area contributed by atoms with E-state index in [9.17, 15) is 9.59 Å². The average Bonchev–Trinajstić information content (AvgIpc) is 3.09. The third kappa shape index (κ3) is 4.29. The van der Waals surface area contributed by atoms with Crippen LogP contribution in [0.25, 0.3) is 0 Å². The lowest BCUT2D eigenvalue weighted by Gasteiger charge is -2.39. The van der Waals surface area contributed by atoms with Gasteiger partial charge in [0.15, 0.2) is 0 Å². The summed E-state index contributed by atoms with van der Waals surface area (Å²) in [7, 11) is 0. The molecule has 2 heterocycles.